The molecule has 10 heteroatoms. The number of amides is 4. The quantitative estimate of drug-likeness (QED) is 0.324. The molecule has 5 N–H and O–H groups in total. The first-order chi connectivity index (χ1) is 18.4. The van der Waals surface area contributed by atoms with Gasteiger partial charge in [0.15, 0.2) is 5.54 Å². The van der Waals surface area contributed by atoms with Crippen LogP contribution in [0.25, 0.3) is 10.9 Å². The molecule has 4 amide bonds. The van der Waals surface area contributed by atoms with Gasteiger partial charge >= 0.3 is 6.03 Å². The molecule has 4 aliphatic rings. The standard InChI is InChI=1S/C28H33N7O3/c29-7-3-9-31-25(37)28(17-33-24(36)6-8-30,22-16-32-23-5-2-1-4-21(22)23)35-26(38)34-27-13-18-10-19(14-27)12-20(11-18)15-27/h1-2,4-5,16,18-20,32H,3,6,9-15,17H2,(H,31,37)(H,33,36)(H2,34,35,38). The average molecular weight is 516 g/mol. The van der Waals surface area contributed by atoms with Crippen molar-refractivity contribution in [1.29, 1.82) is 10.5 Å². The van der Waals surface area contributed by atoms with Gasteiger partial charge in [-0.2, -0.15) is 10.5 Å². The highest BCUT2D eigenvalue weighted by Crippen LogP contribution is 2.55. The van der Waals surface area contributed by atoms with Crippen molar-refractivity contribution in [1.82, 2.24) is 26.3 Å². The van der Waals surface area contributed by atoms with Gasteiger partial charge in [0.1, 0.15) is 6.42 Å². The first kappa shape index (κ1) is 25.6. The monoisotopic (exact) mass is 515 g/mol. The topological polar surface area (TPSA) is 163 Å². The lowest BCUT2D eigenvalue weighted by Gasteiger charge is -2.57. The summed E-state index contributed by atoms with van der Waals surface area (Å²) in [5.74, 6) is 0.777. The molecule has 4 saturated carbocycles. The molecular weight excluding hydrogens is 482 g/mol. The summed E-state index contributed by atoms with van der Waals surface area (Å²) in [6.07, 6.45) is 7.90. The van der Waals surface area contributed by atoms with Crippen molar-refractivity contribution in [3.63, 3.8) is 0 Å². The summed E-state index contributed by atoms with van der Waals surface area (Å²) in [4.78, 5) is 43.1. The molecule has 1 unspecified atom stereocenters. The minimum atomic E-state index is -1.69. The fourth-order valence-electron chi connectivity index (χ4n) is 7.37. The van der Waals surface area contributed by atoms with Crippen LogP contribution in [0.1, 0.15) is 56.9 Å². The number of hydrogen-bond donors (Lipinski definition) is 5. The van der Waals surface area contributed by atoms with E-state index in [1.54, 1.807) is 6.20 Å². The molecule has 4 aliphatic carbocycles. The molecule has 38 heavy (non-hydrogen) atoms. The fourth-order valence-corrected chi connectivity index (χ4v) is 7.37. The van der Waals surface area contributed by atoms with Crippen LogP contribution in [-0.4, -0.2) is 41.5 Å². The molecule has 0 saturated heterocycles. The Kier molecular flexibility index (Phi) is 6.98. The Hall–Kier alpha value is -4.05. The first-order valence-corrected chi connectivity index (χ1v) is 13.3. The second-order valence-corrected chi connectivity index (χ2v) is 11.2. The van der Waals surface area contributed by atoms with Gasteiger partial charge < -0.3 is 26.3 Å². The van der Waals surface area contributed by atoms with Crippen LogP contribution in [0, 0.1) is 40.4 Å². The van der Waals surface area contributed by atoms with Crippen LogP contribution in [0.2, 0.25) is 0 Å². The van der Waals surface area contributed by atoms with Crippen LogP contribution in [0.15, 0.2) is 30.5 Å². The van der Waals surface area contributed by atoms with Crippen molar-refractivity contribution in [2.45, 2.75) is 62.4 Å². The highest BCUT2D eigenvalue weighted by atomic mass is 16.2. The third-order valence-electron chi connectivity index (χ3n) is 8.49. The summed E-state index contributed by atoms with van der Waals surface area (Å²) >= 11 is 0. The average Bonchev–Trinajstić information content (AvgIpc) is 3.30. The van der Waals surface area contributed by atoms with E-state index >= 15 is 0 Å². The molecule has 1 atom stereocenters. The number of carbonyl (C=O) groups excluding carboxylic acids is 3. The van der Waals surface area contributed by atoms with Crippen LogP contribution in [0.4, 0.5) is 4.79 Å². The van der Waals surface area contributed by atoms with Crippen molar-refractivity contribution >= 4 is 28.7 Å². The highest BCUT2D eigenvalue weighted by molar-refractivity contribution is 5.98. The van der Waals surface area contributed by atoms with Crippen LogP contribution in [0.5, 0.6) is 0 Å². The Labute approximate surface area is 221 Å². The van der Waals surface area contributed by atoms with Crippen LogP contribution in [0.3, 0.4) is 0 Å². The largest absolute Gasteiger partial charge is 0.361 e. The molecule has 1 aromatic heterocycles. The zero-order valence-electron chi connectivity index (χ0n) is 21.3. The van der Waals surface area contributed by atoms with Gasteiger partial charge in [0.05, 0.1) is 25.1 Å². The Bertz CT molecular complexity index is 1280. The molecular formula is C28H33N7O3. The van der Waals surface area contributed by atoms with Crippen molar-refractivity contribution < 1.29 is 14.4 Å². The summed E-state index contributed by atoms with van der Waals surface area (Å²) in [6.45, 7) is -0.175. The van der Waals surface area contributed by atoms with Crippen molar-refractivity contribution in [3.8, 4) is 12.1 Å². The van der Waals surface area contributed by atoms with E-state index in [0.717, 1.165) is 24.8 Å². The Morgan fingerprint density at radius 3 is 2.34 bits per heavy atom. The number of nitriles is 2. The number of H-pyrrole nitrogens is 1. The summed E-state index contributed by atoms with van der Waals surface area (Å²) in [5, 5.41) is 30.4. The molecule has 0 aliphatic heterocycles. The molecule has 2 aromatic rings. The number of aromatic amines is 1. The van der Waals surface area contributed by atoms with Crippen molar-refractivity contribution in [2.75, 3.05) is 13.1 Å². The van der Waals surface area contributed by atoms with Gasteiger partial charge in [0.25, 0.3) is 5.91 Å². The number of benzene rings is 1. The third kappa shape index (κ3) is 4.91. The summed E-state index contributed by atoms with van der Waals surface area (Å²) < 4.78 is 0. The number of nitrogens with zero attached hydrogens (tertiary/aromatic N) is 2. The van der Waals surface area contributed by atoms with E-state index in [9.17, 15) is 14.4 Å². The number of nitrogens with one attached hydrogen (secondary N) is 5. The fraction of sp³-hybridized carbons (Fsp3) is 0.536. The van der Waals surface area contributed by atoms with Gasteiger partial charge in [0, 0.05) is 34.7 Å². The Balaban J connectivity index is 1.49. The third-order valence-corrected chi connectivity index (χ3v) is 8.49. The highest BCUT2D eigenvalue weighted by Gasteiger charge is 2.52. The minimum absolute atomic E-state index is 0.0872. The van der Waals surface area contributed by atoms with Gasteiger partial charge in [-0.15, -0.1) is 0 Å². The Morgan fingerprint density at radius 1 is 1.00 bits per heavy atom. The molecule has 1 aromatic carbocycles. The van der Waals surface area contributed by atoms with Crippen molar-refractivity contribution in [2.24, 2.45) is 17.8 Å². The second kappa shape index (κ2) is 10.4. The number of rotatable bonds is 9. The lowest BCUT2D eigenvalue weighted by Crippen LogP contribution is -2.67. The number of fused-ring (bicyclic) bond motifs is 1. The lowest BCUT2D eigenvalue weighted by atomic mass is 9.53. The van der Waals surface area contributed by atoms with Crippen LogP contribution < -0.4 is 21.3 Å². The predicted molar refractivity (Wildman–Crippen MR) is 139 cm³/mol. The van der Waals surface area contributed by atoms with Gasteiger partial charge in [-0.1, -0.05) is 18.2 Å². The van der Waals surface area contributed by atoms with Crippen LogP contribution in [-0.2, 0) is 15.1 Å². The SMILES string of the molecule is N#CCCNC(=O)C(CNC(=O)CC#N)(NC(=O)NC12CC3CC(CC(C3)C1)C2)c1c[nH]c2ccccc12. The van der Waals surface area contributed by atoms with Gasteiger partial charge in [-0.25, -0.2) is 4.79 Å². The van der Waals surface area contributed by atoms with E-state index in [0.29, 0.717) is 28.7 Å². The predicted octanol–water partition coefficient (Wildman–Crippen LogP) is 2.69. The van der Waals surface area contributed by atoms with Crippen LogP contribution >= 0.6 is 0 Å². The van der Waals surface area contributed by atoms with E-state index in [1.807, 2.05) is 36.4 Å². The van der Waals surface area contributed by atoms with Gasteiger partial charge in [-0.05, 0) is 62.3 Å². The zero-order valence-corrected chi connectivity index (χ0v) is 21.3. The number of carbonyl (C=O) groups is 3. The maximum absolute atomic E-state index is 13.9. The van der Waals surface area contributed by atoms with Crippen molar-refractivity contribution in [3.05, 3.63) is 36.0 Å². The lowest BCUT2D eigenvalue weighted by molar-refractivity contribution is -0.128. The van der Waals surface area contributed by atoms with Gasteiger partial charge in [0.2, 0.25) is 5.91 Å². The Morgan fingerprint density at radius 2 is 1.68 bits per heavy atom. The minimum Gasteiger partial charge on any atom is -0.361 e. The molecule has 0 spiro atoms. The summed E-state index contributed by atoms with van der Waals surface area (Å²) in [5.41, 5.74) is -0.720. The normalized spacial score (nSPS) is 26.5. The summed E-state index contributed by atoms with van der Waals surface area (Å²) in [6, 6.07) is 10.7. The summed E-state index contributed by atoms with van der Waals surface area (Å²) in [7, 11) is 0. The second-order valence-electron chi connectivity index (χ2n) is 11.2. The zero-order chi connectivity index (χ0) is 26.8. The first-order valence-electron chi connectivity index (χ1n) is 13.3. The molecule has 198 valence electrons. The van der Waals surface area contributed by atoms with E-state index in [4.69, 9.17) is 10.5 Å². The van der Waals surface area contributed by atoms with Gasteiger partial charge in [-0.3, -0.25) is 9.59 Å². The number of para-hydroxylation sites is 1. The smallest absolute Gasteiger partial charge is 0.316 e. The van der Waals surface area contributed by atoms with E-state index in [-0.39, 0.29) is 31.5 Å². The number of hydrogen-bond acceptors (Lipinski definition) is 5. The molecule has 10 nitrogen and oxygen atoms in total. The number of aromatic nitrogens is 1. The molecule has 1 heterocycles. The molecule has 0 radical (unpaired) electrons. The maximum atomic E-state index is 13.9. The van der Waals surface area contributed by atoms with E-state index in [1.165, 1.54) is 19.3 Å². The number of urea groups is 1. The maximum Gasteiger partial charge on any atom is 0.316 e. The van der Waals surface area contributed by atoms with E-state index < -0.39 is 23.4 Å². The molecule has 4 bridgehead atoms. The molecule has 6 rings (SSSR count). The van der Waals surface area contributed by atoms with E-state index in [2.05, 4.69) is 26.3 Å². The molecule has 4 fully saturated rings.